The molecule has 2 bridgehead atoms. The molecule has 2 fully saturated rings. The summed E-state index contributed by atoms with van der Waals surface area (Å²) in [4.78, 5) is 56.4. The molecule has 9 heteroatoms. The number of amides is 3. The number of imide groups is 1. The number of rotatable bonds is 4. The van der Waals surface area contributed by atoms with Crippen LogP contribution in [0.4, 0.5) is 11.4 Å². The first-order chi connectivity index (χ1) is 21.3. The lowest BCUT2D eigenvalue weighted by Gasteiger charge is -2.45. The van der Waals surface area contributed by atoms with E-state index in [0.717, 1.165) is 22.3 Å². The molecule has 5 aliphatic rings. The maximum atomic E-state index is 14.0. The van der Waals surface area contributed by atoms with E-state index in [0.29, 0.717) is 21.4 Å². The highest BCUT2D eigenvalue weighted by atomic mass is 35.5. The summed E-state index contributed by atoms with van der Waals surface area (Å²) >= 11 is 12.4. The number of carbonyl (C=O) groups excluding carboxylic acids is 4. The van der Waals surface area contributed by atoms with Crippen molar-refractivity contribution in [1.29, 1.82) is 0 Å². The van der Waals surface area contributed by atoms with Crippen molar-refractivity contribution < 1.29 is 23.9 Å². The predicted molar refractivity (Wildman–Crippen MR) is 165 cm³/mol. The summed E-state index contributed by atoms with van der Waals surface area (Å²) in [6.45, 7) is 0.114. The number of hydrogen-bond donors (Lipinski definition) is 0. The molecule has 0 radical (unpaired) electrons. The second-order valence-electron chi connectivity index (χ2n) is 11.7. The van der Waals surface area contributed by atoms with Crippen LogP contribution in [0.2, 0.25) is 10.0 Å². The van der Waals surface area contributed by atoms with Crippen LogP contribution in [0.3, 0.4) is 0 Å². The largest absolute Gasteiger partial charge is 0.426 e. The van der Waals surface area contributed by atoms with Crippen LogP contribution in [0.1, 0.15) is 40.5 Å². The smallest absolute Gasteiger partial charge is 0.316 e. The van der Waals surface area contributed by atoms with Crippen molar-refractivity contribution in [3.63, 3.8) is 0 Å². The number of carbonyl (C=O) groups is 4. The van der Waals surface area contributed by atoms with Crippen molar-refractivity contribution >= 4 is 58.3 Å². The third-order valence-corrected chi connectivity index (χ3v) is 9.97. The van der Waals surface area contributed by atoms with E-state index in [1.807, 2.05) is 24.3 Å². The quantitative estimate of drug-likeness (QED) is 0.150. The summed E-state index contributed by atoms with van der Waals surface area (Å²) in [6.07, 6.45) is -0.0214. The van der Waals surface area contributed by atoms with E-state index in [1.54, 1.807) is 42.5 Å². The third kappa shape index (κ3) is 3.96. The molecule has 4 aromatic rings. The fraction of sp³-hybridized carbons (Fsp3) is 0.200. The number of nitrogens with zero attached hydrogens (tertiary/aromatic N) is 2. The first kappa shape index (κ1) is 27.1. The Kier molecular flexibility index (Phi) is 6.19. The normalized spacial score (nSPS) is 24.8. The molecule has 0 aromatic heterocycles. The molecule has 44 heavy (non-hydrogen) atoms. The Hall–Kier alpha value is -4.46. The molecule has 7 nitrogen and oxygen atoms in total. The van der Waals surface area contributed by atoms with Crippen LogP contribution in [0.25, 0.3) is 0 Å². The van der Waals surface area contributed by atoms with Crippen LogP contribution in [0, 0.1) is 17.8 Å². The van der Waals surface area contributed by atoms with Gasteiger partial charge in [-0.15, -0.1) is 0 Å². The van der Waals surface area contributed by atoms with E-state index in [9.17, 15) is 19.2 Å². The van der Waals surface area contributed by atoms with Crippen LogP contribution < -0.4 is 14.5 Å². The zero-order chi connectivity index (χ0) is 30.3. The van der Waals surface area contributed by atoms with Crippen LogP contribution >= 0.6 is 23.2 Å². The van der Waals surface area contributed by atoms with Gasteiger partial charge in [0, 0.05) is 29.8 Å². The SMILES string of the molecule is O=C(Oc1ccc(N2C(=O)[C@@H]3C4c5ccccc5C(c5ccccc54)[C@@H]3C2=O)cc1)[C@@H]1CC(=O)N(c2cc(Cl)ccc2Cl)C1. The molecule has 218 valence electrons. The molecule has 2 aliphatic heterocycles. The van der Waals surface area contributed by atoms with E-state index < -0.39 is 23.7 Å². The summed E-state index contributed by atoms with van der Waals surface area (Å²) < 4.78 is 5.61. The summed E-state index contributed by atoms with van der Waals surface area (Å²) in [6, 6.07) is 27.4. The van der Waals surface area contributed by atoms with Crippen LogP contribution in [0.5, 0.6) is 5.75 Å². The molecule has 0 spiro atoms. The average molecular weight is 623 g/mol. The minimum atomic E-state index is -0.694. The van der Waals surface area contributed by atoms with Gasteiger partial charge in [-0.3, -0.25) is 19.2 Å². The van der Waals surface area contributed by atoms with Gasteiger partial charge >= 0.3 is 5.97 Å². The zero-order valence-electron chi connectivity index (χ0n) is 23.2. The average Bonchev–Trinajstić information content (AvgIpc) is 3.55. The highest BCUT2D eigenvalue weighted by molar-refractivity contribution is 6.36. The number of esters is 1. The van der Waals surface area contributed by atoms with Gasteiger partial charge in [-0.1, -0.05) is 71.7 Å². The summed E-state index contributed by atoms with van der Waals surface area (Å²) in [5.41, 5.74) is 5.34. The Bertz CT molecular complexity index is 1790. The van der Waals surface area contributed by atoms with Crippen LogP contribution in [0.15, 0.2) is 91.0 Å². The number of benzene rings is 4. The highest BCUT2D eigenvalue weighted by Gasteiger charge is 2.61. The van der Waals surface area contributed by atoms with Gasteiger partial charge in [0.15, 0.2) is 0 Å². The van der Waals surface area contributed by atoms with Crippen molar-refractivity contribution in [3.05, 3.63) is 123 Å². The lowest BCUT2D eigenvalue weighted by Crippen LogP contribution is -2.41. The number of ether oxygens (including phenoxy) is 1. The Morgan fingerprint density at radius 3 is 1.82 bits per heavy atom. The van der Waals surface area contributed by atoms with Crippen molar-refractivity contribution in [1.82, 2.24) is 0 Å². The molecule has 2 heterocycles. The molecule has 3 atom stereocenters. The van der Waals surface area contributed by atoms with E-state index in [1.165, 1.54) is 9.80 Å². The van der Waals surface area contributed by atoms with Gasteiger partial charge in [-0.2, -0.15) is 0 Å². The summed E-state index contributed by atoms with van der Waals surface area (Å²) in [5, 5.41) is 0.790. The van der Waals surface area contributed by atoms with Gasteiger partial charge in [-0.25, -0.2) is 4.90 Å². The van der Waals surface area contributed by atoms with Gasteiger partial charge in [0.2, 0.25) is 17.7 Å². The van der Waals surface area contributed by atoms with Crippen molar-refractivity contribution in [3.8, 4) is 5.75 Å². The molecule has 3 amide bonds. The first-order valence-corrected chi connectivity index (χ1v) is 15.2. The Labute approximate surface area is 262 Å². The predicted octanol–water partition coefficient (Wildman–Crippen LogP) is 6.35. The monoisotopic (exact) mass is 622 g/mol. The minimum absolute atomic E-state index is 0.0214. The van der Waals surface area contributed by atoms with Crippen molar-refractivity contribution in [2.75, 3.05) is 16.3 Å². The van der Waals surface area contributed by atoms with E-state index in [4.69, 9.17) is 27.9 Å². The molecule has 2 saturated heterocycles. The van der Waals surface area contributed by atoms with Gasteiger partial charge in [0.25, 0.3) is 0 Å². The maximum Gasteiger partial charge on any atom is 0.316 e. The second-order valence-corrected chi connectivity index (χ2v) is 12.5. The molecule has 3 aliphatic carbocycles. The fourth-order valence-electron chi connectivity index (χ4n) is 7.59. The topological polar surface area (TPSA) is 84.0 Å². The van der Waals surface area contributed by atoms with E-state index in [-0.39, 0.29) is 48.3 Å². The molecular weight excluding hydrogens is 599 g/mol. The Morgan fingerprint density at radius 1 is 0.727 bits per heavy atom. The Balaban J connectivity index is 1.02. The minimum Gasteiger partial charge on any atom is -0.426 e. The molecule has 0 saturated carbocycles. The lowest BCUT2D eigenvalue weighted by molar-refractivity contribution is -0.139. The van der Waals surface area contributed by atoms with Gasteiger partial charge in [0.05, 0.1) is 34.2 Å². The van der Waals surface area contributed by atoms with Gasteiger partial charge < -0.3 is 9.64 Å². The van der Waals surface area contributed by atoms with Crippen LogP contribution in [-0.2, 0) is 19.2 Å². The Morgan fingerprint density at radius 2 is 1.27 bits per heavy atom. The van der Waals surface area contributed by atoms with E-state index in [2.05, 4.69) is 24.3 Å². The van der Waals surface area contributed by atoms with Gasteiger partial charge in [-0.05, 0) is 64.7 Å². The summed E-state index contributed by atoms with van der Waals surface area (Å²) in [5.74, 6) is -3.01. The lowest BCUT2D eigenvalue weighted by atomic mass is 9.55. The molecular formula is C35H24Cl2N2O5. The first-order valence-electron chi connectivity index (χ1n) is 14.4. The van der Waals surface area contributed by atoms with Crippen molar-refractivity contribution in [2.24, 2.45) is 17.8 Å². The molecule has 4 aromatic carbocycles. The van der Waals surface area contributed by atoms with Crippen LogP contribution in [-0.4, -0.2) is 30.2 Å². The number of hydrogen-bond acceptors (Lipinski definition) is 5. The number of anilines is 2. The molecule has 9 rings (SSSR count). The van der Waals surface area contributed by atoms with Crippen molar-refractivity contribution in [2.45, 2.75) is 18.3 Å². The highest BCUT2D eigenvalue weighted by Crippen LogP contribution is 2.61. The van der Waals surface area contributed by atoms with E-state index >= 15 is 0 Å². The standard InChI is InChI=1S/C35H24Cl2N2O5/c36-19-9-14-26(37)27(16-19)38-17-18(15-28(38)40)35(43)44-21-12-10-20(11-13-21)39-33(41)31-29-22-5-1-2-6-23(22)30(32(31)34(39)42)25-8-4-3-7-24(25)29/h1-14,16,18,29-32H,15,17H2/t18-,29?,30?,31-,32+/m1/s1. The molecule has 0 N–H and O–H groups in total. The number of halogens is 2. The van der Waals surface area contributed by atoms with Gasteiger partial charge in [0.1, 0.15) is 5.75 Å². The summed E-state index contributed by atoms with van der Waals surface area (Å²) in [7, 11) is 0. The second kappa shape index (κ2) is 10.0. The zero-order valence-corrected chi connectivity index (χ0v) is 24.7. The maximum absolute atomic E-state index is 14.0. The molecule has 0 unspecified atom stereocenters. The third-order valence-electron chi connectivity index (χ3n) is 9.42. The fourth-order valence-corrected chi connectivity index (χ4v) is 7.97.